The summed E-state index contributed by atoms with van der Waals surface area (Å²) in [5, 5.41) is 2.41. The molecule has 1 atom stereocenters. The third-order valence-corrected chi connectivity index (χ3v) is 8.76. The van der Waals surface area contributed by atoms with Crippen LogP contribution in [0.5, 0.6) is 0 Å². The Morgan fingerprint density at radius 3 is 2.23 bits per heavy atom. The molecule has 0 bridgehead atoms. The van der Waals surface area contributed by atoms with E-state index in [0.717, 1.165) is 16.4 Å². The van der Waals surface area contributed by atoms with Crippen molar-refractivity contribution in [2.75, 3.05) is 26.0 Å². The third-order valence-electron chi connectivity index (χ3n) is 5.34. The minimum Gasteiger partial charge on any atom is -0.454 e. The number of carbonyl (C=O) groups excluding carboxylic acids is 2. The maximum absolute atomic E-state index is 13.0. The monoisotopic (exact) mass is 593 g/mol. The predicted octanol–water partition coefficient (Wildman–Crippen LogP) is 3.14. The largest absolute Gasteiger partial charge is 0.454 e. The molecule has 2 aromatic rings. The highest BCUT2D eigenvalue weighted by atomic mass is 32.2. The summed E-state index contributed by atoms with van der Waals surface area (Å²) in [7, 11) is -5.65. The van der Waals surface area contributed by atoms with Gasteiger partial charge >= 0.3 is 12.1 Å². The van der Waals surface area contributed by atoms with Gasteiger partial charge in [0.25, 0.3) is 5.91 Å². The van der Waals surface area contributed by atoms with Crippen LogP contribution in [0, 0.1) is 12.8 Å². The minimum atomic E-state index is -4.77. The highest BCUT2D eigenvalue weighted by molar-refractivity contribution is 7.89. The standard InChI is InChI=1S/C24H30F3N3O7S2/c1-15(2)11-20(29-38(33,34)19-8-6-7-17(12-19)24(25,26)27)23(32)37-14-22(31)28-18-10-9-16(3)21(13-18)39(35,36)30(4)5/h6-10,12-13,15,20,29H,11,14H2,1-5H3,(H,28,31)/t20-/m1/s1. The van der Waals surface area contributed by atoms with Gasteiger partial charge in [-0.05, 0) is 55.2 Å². The maximum atomic E-state index is 13.0. The third kappa shape index (κ3) is 8.74. The molecule has 0 radical (unpaired) electrons. The molecule has 1 amide bonds. The summed E-state index contributed by atoms with van der Waals surface area (Å²) in [5.41, 5.74) is -0.619. The molecule has 216 valence electrons. The normalized spacial score (nSPS) is 13.4. The number of carbonyl (C=O) groups is 2. The quantitative estimate of drug-likeness (QED) is 0.382. The lowest BCUT2D eigenvalue weighted by Gasteiger charge is -2.20. The van der Waals surface area contributed by atoms with Gasteiger partial charge in [-0.1, -0.05) is 26.0 Å². The molecule has 0 aromatic heterocycles. The van der Waals surface area contributed by atoms with E-state index in [1.54, 1.807) is 20.8 Å². The molecule has 2 N–H and O–H groups in total. The number of hydrogen-bond acceptors (Lipinski definition) is 7. The zero-order valence-electron chi connectivity index (χ0n) is 21.9. The number of benzene rings is 2. The van der Waals surface area contributed by atoms with Gasteiger partial charge in [0.15, 0.2) is 6.61 Å². The number of nitrogens with zero attached hydrogens (tertiary/aromatic N) is 1. The molecule has 0 unspecified atom stereocenters. The van der Waals surface area contributed by atoms with Crippen LogP contribution in [0.3, 0.4) is 0 Å². The van der Waals surface area contributed by atoms with Crippen LogP contribution in [0.4, 0.5) is 18.9 Å². The van der Waals surface area contributed by atoms with E-state index >= 15 is 0 Å². The van der Waals surface area contributed by atoms with Gasteiger partial charge in [0.05, 0.1) is 15.4 Å². The fraction of sp³-hybridized carbons (Fsp3) is 0.417. The van der Waals surface area contributed by atoms with Crippen molar-refractivity contribution in [1.82, 2.24) is 9.03 Å². The number of amides is 1. The lowest BCUT2D eigenvalue weighted by Crippen LogP contribution is -2.43. The van der Waals surface area contributed by atoms with E-state index in [-0.39, 0.29) is 22.9 Å². The Morgan fingerprint density at radius 2 is 1.67 bits per heavy atom. The fourth-order valence-electron chi connectivity index (χ4n) is 3.35. The second kappa shape index (κ2) is 12.4. The first-order chi connectivity index (χ1) is 17.8. The average Bonchev–Trinajstić information content (AvgIpc) is 2.82. The molecule has 0 aliphatic rings. The SMILES string of the molecule is Cc1ccc(NC(=O)COC(=O)[C@@H](CC(C)C)NS(=O)(=O)c2cccc(C(F)(F)F)c2)cc1S(=O)(=O)N(C)C. The lowest BCUT2D eigenvalue weighted by atomic mass is 10.1. The van der Waals surface area contributed by atoms with Crippen molar-refractivity contribution >= 4 is 37.6 Å². The fourth-order valence-corrected chi connectivity index (χ4v) is 5.73. The molecule has 0 spiro atoms. The number of aryl methyl sites for hydroxylation is 1. The van der Waals surface area contributed by atoms with Gasteiger partial charge in [-0.25, -0.2) is 21.1 Å². The number of halogens is 3. The molecule has 39 heavy (non-hydrogen) atoms. The molecule has 0 saturated heterocycles. The van der Waals surface area contributed by atoms with Crippen molar-refractivity contribution in [1.29, 1.82) is 0 Å². The van der Waals surface area contributed by atoms with Gasteiger partial charge in [-0.3, -0.25) is 9.59 Å². The van der Waals surface area contributed by atoms with Gasteiger partial charge in [0.1, 0.15) is 6.04 Å². The van der Waals surface area contributed by atoms with Crippen LogP contribution >= 0.6 is 0 Å². The van der Waals surface area contributed by atoms with E-state index < -0.39 is 61.2 Å². The van der Waals surface area contributed by atoms with E-state index in [1.165, 1.54) is 32.3 Å². The van der Waals surface area contributed by atoms with Crippen molar-refractivity contribution in [3.63, 3.8) is 0 Å². The molecule has 2 aromatic carbocycles. The van der Waals surface area contributed by atoms with Crippen LogP contribution in [-0.2, 0) is 40.5 Å². The zero-order chi connectivity index (χ0) is 29.8. The summed E-state index contributed by atoms with van der Waals surface area (Å²) in [5.74, 6) is -2.18. The summed E-state index contributed by atoms with van der Waals surface area (Å²) in [6.07, 6.45) is -4.84. The Kier molecular flexibility index (Phi) is 10.3. The van der Waals surface area contributed by atoms with Crippen molar-refractivity contribution in [3.8, 4) is 0 Å². The van der Waals surface area contributed by atoms with E-state index in [9.17, 15) is 39.6 Å². The summed E-state index contributed by atoms with van der Waals surface area (Å²) >= 11 is 0. The first kappa shape index (κ1) is 32.2. The average molecular weight is 594 g/mol. The van der Waals surface area contributed by atoms with E-state index in [4.69, 9.17) is 4.74 Å². The van der Waals surface area contributed by atoms with Gasteiger partial charge < -0.3 is 10.1 Å². The molecule has 2 rings (SSSR count). The first-order valence-electron chi connectivity index (χ1n) is 11.5. The van der Waals surface area contributed by atoms with Crippen LogP contribution in [0.2, 0.25) is 0 Å². The lowest BCUT2D eigenvalue weighted by molar-refractivity contribution is -0.149. The van der Waals surface area contributed by atoms with Crippen molar-refractivity contribution in [2.45, 2.75) is 49.2 Å². The molecular formula is C24H30F3N3O7S2. The second-order valence-corrected chi connectivity index (χ2v) is 13.1. The smallest absolute Gasteiger partial charge is 0.416 e. The highest BCUT2D eigenvalue weighted by Crippen LogP contribution is 2.30. The van der Waals surface area contributed by atoms with Gasteiger partial charge in [-0.15, -0.1) is 0 Å². The second-order valence-electron chi connectivity index (χ2n) is 9.25. The van der Waals surface area contributed by atoms with Crippen molar-refractivity contribution < 1.29 is 44.3 Å². The predicted molar refractivity (Wildman–Crippen MR) is 137 cm³/mol. The van der Waals surface area contributed by atoms with Crippen LogP contribution in [0.15, 0.2) is 52.3 Å². The number of esters is 1. The molecule has 0 saturated carbocycles. The molecule has 10 nitrogen and oxygen atoms in total. The number of sulfonamides is 2. The Balaban J connectivity index is 2.15. The minimum absolute atomic E-state index is 0.0386. The van der Waals surface area contributed by atoms with Crippen LogP contribution < -0.4 is 10.0 Å². The van der Waals surface area contributed by atoms with Gasteiger partial charge in [0.2, 0.25) is 20.0 Å². The summed E-state index contributed by atoms with van der Waals surface area (Å²) < 4.78 is 97.6. The van der Waals surface area contributed by atoms with Crippen LogP contribution in [0.25, 0.3) is 0 Å². The molecule has 0 fully saturated rings. The number of alkyl halides is 3. The summed E-state index contributed by atoms with van der Waals surface area (Å²) in [4.78, 5) is 24.3. The molecular weight excluding hydrogens is 563 g/mol. The number of rotatable bonds is 11. The van der Waals surface area contributed by atoms with Crippen LogP contribution in [0.1, 0.15) is 31.4 Å². The van der Waals surface area contributed by atoms with E-state index in [0.29, 0.717) is 17.7 Å². The summed E-state index contributed by atoms with van der Waals surface area (Å²) in [6, 6.07) is 5.73. The molecule has 0 heterocycles. The Bertz CT molecular complexity index is 1420. The first-order valence-corrected chi connectivity index (χ1v) is 14.5. The van der Waals surface area contributed by atoms with E-state index in [2.05, 4.69) is 10.0 Å². The number of anilines is 1. The Labute approximate surface area is 225 Å². The van der Waals surface area contributed by atoms with Crippen molar-refractivity contribution in [2.24, 2.45) is 5.92 Å². The summed E-state index contributed by atoms with van der Waals surface area (Å²) in [6.45, 7) is 4.12. The van der Waals surface area contributed by atoms with Gasteiger partial charge in [-0.2, -0.15) is 17.9 Å². The highest BCUT2D eigenvalue weighted by Gasteiger charge is 2.33. The van der Waals surface area contributed by atoms with Crippen LogP contribution in [-0.4, -0.2) is 59.8 Å². The molecule has 0 aliphatic carbocycles. The zero-order valence-corrected chi connectivity index (χ0v) is 23.5. The van der Waals surface area contributed by atoms with Gasteiger partial charge in [0, 0.05) is 19.8 Å². The Hall–Kier alpha value is -3.01. The molecule has 15 heteroatoms. The Morgan fingerprint density at radius 1 is 1.03 bits per heavy atom. The topological polar surface area (TPSA) is 139 Å². The van der Waals surface area contributed by atoms with E-state index in [1.807, 2.05) is 0 Å². The number of nitrogens with one attached hydrogen (secondary N) is 2. The molecule has 0 aliphatic heterocycles. The number of ether oxygens (including phenoxy) is 1. The maximum Gasteiger partial charge on any atom is 0.416 e. The number of hydrogen-bond donors (Lipinski definition) is 2. The van der Waals surface area contributed by atoms with Crippen molar-refractivity contribution in [3.05, 3.63) is 53.6 Å².